The fourth-order valence-corrected chi connectivity index (χ4v) is 3.74. The van der Waals surface area contributed by atoms with E-state index in [0.717, 1.165) is 10.5 Å². The Hall–Kier alpha value is -3.22. The molecule has 4 rings (SSSR count). The van der Waals surface area contributed by atoms with Crippen LogP contribution in [0.5, 0.6) is 0 Å². The van der Waals surface area contributed by atoms with Crippen molar-refractivity contribution in [3.8, 4) is 0 Å². The Morgan fingerprint density at radius 3 is 2.73 bits per heavy atom. The Morgan fingerprint density at radius 1 is 1.19 bits per heavy atom. The van der Waals surface area contributed by atoms with Gasteiger partial charge in [-0.05, 0) is 41.7 Å². The maximum absolute atomic E-state index is 13.5. The lowest BCUT2D eigenvalue weighted by Gasteiger charge is -2.30. The van der Waals surface area contributed by atoms with Crippen LogP contribution >= 0.6 is 0 Å². The van der Waals surface area contributed by atoms with Gasteiger partial charge in [-0.1, -0.05) is 36.4 Å². The molecule has 2 aliphatic rings. The van der Waals surface area contributed by atoms with Gasteiger partial charge in [-0.2, -0.15) is 0 Å². The Morgan fingerprint density at radius 2 is 1.96 bits per heavy atom. The summed E-state index contributed by atoms with van der Waals surface area (Å²) in [5.74, 6) is -0.965. The second-order valence-electron chi connectivity index (χ2n) is 6.40. The normalized spacial score (nSPS) is 21.0. The molecule has 26 heavy (non-hydrogen) atoms. The van der Waals surface area contributed by atoms with E-state index in [1.54, 1.807) is 0 Å². The number of nitrogens with zero attached hydrogens (tertiary/aromatic N) is 1. The molecule has 0 unspecified atom stereocenters. The lowest BCUT2D eigenvalue weighted by atomic mass is 9.90. The van der Waals surface area contributed by atoms with Gasteiger partial charge in [0.15, 0.2) is 5.54 Å². The Labute approximate surface area is 149 Å². The van der Waals surface area contributed by atoms with Crippen LogP contribution in [0, 0.1) is 5.82 Å². The highest BCUT2D eigenvalue weighted by Crippen LogP contribution is 2.44. The maximum Gasteiger partial charge on any atom is 0.333 e. The summed E-state index contributed by atoms with van der Waals surface area (Å²) in [5.41, 5.74) is 0.587. The van der Waals surface area contributed by atoms with Crippen molar-refractivity contribution in [2.24, 2.45) is 0 Å². The Kier molecular flexibility index (Phi) is 3.72. The smallest absolute Gasteiger partial charge is 0.333 e. The van der Waals surface area contributed by atoms with E-state index in [1.165, 1.54) is 18.2 Å². The molecule has 1 fully saturated rings. The number of amides is 5. The zero-order valence-corrected chi connectivity index (χ0v) is 13.8. The SMILES string of the molecule is O=C(NCc1ccccc1)N1C(=O)NC(=O)[C@@]12CCc1cc(F)ccc12. The first-order chi connectivity index (χ1) is 12.5. The van der Waals surface area contributed by atoms with Crippen molar-refractivity contribution in [1.82, 2.24) is 15.5 Å². The number of rotatable bonds is 2. The summed E-state index contributed by atoms with van der Waals surface area (Å²) in [4.78, 5) is 38.6. The molecule has 1 aliphatic heterocycles. The first-order valence-electron chi connectivity index (χ1n) is 8.29. The van der Waals surface area contributed by atoms with Crippen LogP contribution in [0.2, 0.25) is 0 Å². The average molecular weight is 353 g/mol. The van der Waals surface area contributed by atoms with Crippen LogP contribution in [-0.2, 0) is 23.3 Å². The van der Waals surface area contributed by atoms with Crippen LogP contribution in [0.25, 0.3) is 0 Å². The van der Waals surface area contributed by atoms with E-state index < -0.39 is 29.3 Å². The number of benzene rings is 2. The highest BCUT2D eigenvalue weighted by molar-refractivity contribution is 6.14. The first kappa shape index (κ1) is 16.3. The highest BCUT2D eigenvalue weighted by Gasteiger charge is 2.59. The lowest BCUT2D eigenvalue weighted by molar-refractivity contribution is -0.126. The van der Waals surface area contributed by atoms with Crippen LogP contribution in [0.3, 0.4) is 0 Å². The van der Waals surface area contributed by atoms with Crippen molar-refractivity contribution < 1.29 is 18.8 Å². The quantitative estimate of drug-likeness (QED) is 0.814. The van der Waals surface area contributed by atoms with E-state index in [1.807, 2.05) is 30.3 Å². The van der Waals surface area contributed by atoms with Gasteiger partial charge in [0.05, 0.1) is 0 Å². The minimum absolute atomic E-state index is 0.226. The fourth-order valence-electron chi connectivity index (χ4n) is 3.74. The van der Waals surface area contributed by atoms with Crippen molar-refractivity contribution in [3.05, 3.63) is 71.0 Å². The average Bonchev–Trinajstić information content (AvgIpc) is 3.12. The van der Waals surface area contributed by atoms with Crippen molar-refractivity contribution in [2.45, 2.75) is 24.9 Å². The number of imide groups is 2. The lowest BCUT2D eigenvalue weighted by Crippen LogP contribution is -2.52. The maximum atomic E-state index is 13.5. The summed E-state index contributed by atoms with van der Waals surface area (Å²) in [6.07, 6.45) is 0.651. The number of halogens is 1. The monoisotopic (exact) mass is 353 g/mol. The molecule has 132 valence electrons. The molecule has 6 nitrogen and oxygen atoms in total. The summed E-state index contributed by atoms with van der Waals surface area (Å²) >= 11 is 0. The van der Waals surface area contributed by atoms with E-state index in [4.69, 9.17) is 0 Å². The Balaban J connectivity index is 1.66. The first-order valence-corrected chi connectivity index (χ1v) is 8.29. The number of hydrogen-bond acceptors (Lipinski definition) is 3. The van der Waals surface area contributed by atoms with Gasteiger partial charge in [-0.3, -0.25) is 10.1 Å². The predicted molar refractivity (Wildman–Crippen MR) is 90.5 cm³/mol. The number of carbonyl (C=O) groups is 3. The molecule has 1 atom stereocenters. The van der Waals surface area contributed by atoms with Crippen molar-refractivity contribution in [3.63, 3.8) is 0 Å². The van der Waals surface area contributed by atoms with Crippen LogP contribution in [-0.4, -0.2) is 22.9 Å². The van der Waals surface area contributed by atoms with Gasteiger partial charge < -0.3 is 5.32 Å². The molecule has 2 N–H and O–H groups in total. The summed E-state index contributed by atoms with van der Waals surface area (Å²) in [6.45, 7) is 0.226. The van der Waals surface area contributed by atoms with E-state index >= 15 is 0 Å². The van der Waals surface area contributed by atoms with E-state index in [2.05, 4.69) is 10.6 Å². The molecule has 0 saturated carbocycles. The van der Waals surface area contributed by atoms with Gasteiger partial charge in [-0.25, -0.2) is 18.9 Å². The summed E-state index contributed by atoms with van der Waals surface area (Å²) in [5, 5.41) is 4.91. The molecule has 5 amide bonds. The van der Waals surface area contributed by atoms with Crippen LogP contribution < -0.4 is 10.6 Å². The second kappa shape index (κ2) is 5.94. The summed E-state index contributed by atoms with van der Waals surface area (Å²) in [7, 11) is 0. The fraction of sp³-hybridized carbons (Fsp3) is 0.211. The molecule has 1 saturated heterocycles. The number of aryl methyl sites for hydroxylation is 1. The third kappa shape index (κ3) is 2.35. The van der Waals surface area contributed by atoms with Gasteiger partial charge in [0.1, 0.15) is 5.82 Å². The standard InChI is InChI=1S/C19H16FN3O3/c20-14-6-7-15-13(10-14)8-9-19(15)16(24)22-18(26)23(19)17(25)21-11-12-4-2-1-3-5-12/h1-7,10H,8-9,11H2,(H,21,25)(H,22,24,26)/t19-/m0/s1. The number of hydrogen-bond donors (Lipinski definition) is 2. The number of nitrogens with one attached hydrogen (secondary N) is 2. The van der Waals surface area contributed by atoms with Gasteiger partial charge in [0, 0.05) is 6.54 Å². The van der Waals surface area contributed by atoms with Gasteiger partial charge in [0.2, 0.25) is 0 Å². The zero-order valence-electron chi connectivity index (χ0n) is 13.8. The van der Waals surface area contributed by atoms with Crippen LogP contribution in [0.1, 0.15) is 23.1 Å². The van der Waals surface area contributed by atoms with Gasteiger partial charge in [0.25, 0.3) is 5.91 Å². The van der Waals surface area contributed by atoms with E-state index in [0.29, 0.717) is 17.5 Å². The molecule has 0 aromatic heterocycles. The topological polar surface area (TPSA) is 78.5 Å². The predicted octanol–water partition coefficient (Wildman–Crippen LogP) is 2.43. The van der Waals surface area contributed by atoms with Crippen LogP contribution in [0.15, 0.2) is 48.5 Å². The molecule has 1 heterocycles. The summed E-state index contributed by atoms with van der Waals surface area (Å²) < 4.78 is 13.5. The number of urea groups is 2. The molecule has 2 aromatic rings. The largest absolute Gasteiger partial charge is 0.333 e. The number of fused-ring (bicyclic) bond motifs is 2. The van der Waals surface area contributed by atoms with Gasteiger partial charge >= 0.3 is 12.1 Å². The highest BCUT2D eigenvalue weighted by atomic mass is 19.1. The summed E-state index contributed by atoms with van der Waals surface area (Å²) in [6, 6.07) is 11.9. The molecule has 1 spiro atoms. The molecular weight excluding hydrogens is 337 g/mol. The second-order valence-corrected chi connectivity index (χ2v) is 6.40. The Bertz CT molecular complexity index is 916. The molecule has 1 aliphatic carbocycles. The molecule has 0 radical (unpaired) electrons. The van der Waals surface area contributed by atoms with Crippen molar-refractivity contribution >= 4 is 18.0 Å². The van der Waals surface area contributed by atoms with E-state index in [9.17, 15) is 18.8 Å². The molecule has 0 bridgehead atoms. The van der Waals surface area contributed by atoms with Crippen molar-refractivity contribution in [1.29, 1.82) is 0 Å². The molecular formula is C19H16FN3O3. The zero-order chi connectivity index (χ0) is 18.3. The third-order valence-corrected chi connectivity index (χ3v) is 4.94. The van der Waals surface area contributed by atoms with Crippen molar-refractivity contribution in [2.75, 3.05) is 0 Å². The van der Waals surface area contributed by atoms with E-state index in [-0.39, 0.29) is 13.0 Å². The molecule has 2 aromatic carbocycles. The minimum Gasteiger partial charge on any atom is -0.333 e. The molecule has 7 heteroatoms. The van der Waals surface area contributed by atoms with Crippen LogP contribution in [0.4, 0.5) is 14.0 Å². The third-order valence-electron chi connectivity index (χ3n) is 4.94. The minimum atomic E-state index is -1.42. The van der Waals surface area contributed by atoms with Gasteiger partial charge in [-0.15, -0.1) is 0 Å². The number of carbonyl (C=O) groups excluding carboxylic acids is 3.